The lowest BCUT2D eigenvalue weighted by Gasteiger charge is -2.15. The van der Waals surface area contributed by atoms with E-state index in [0.717, 1.165) is 29.1 Å². The van der Waals surface area contributed by atoms with Gasteiger partial charge in [0.05, 0.1) is 0 Å². The molecular weight excluding hydrogens is 356 g/mol. The van der Waals surface area contributed by atoms with Crippen molar-refractivity contribution in [3.05, 3.63) is 34.5 Å². The zero-order chi connectivity index (χ0) is 14.5. The van der Waals surface area contributed by atoms with E-state index in [-0.39, 0.29) is 24.4 Å². The van der Waals surface area contributed by atoms with Gasteiger partial charge in [0.15, 0.2) is 5.76 Å². The van der Waals surface area contributed by atoms with Crippen LogP contribution in [0.2, 0.25) is 0 Å². The van der Waals surface area contributed by atoms with Crippen LogP contribution in [-0.4, -0.2) is 18.5 Å². The lowest BCUT2D eigenvalue weighted by molar-refractivity contribution is 0.0910. The smallest absolute Gasteiger partial charge is 0.287 e. The van der Waals surface area contributed by atoms with E-state index < -0.39 is 0 Å². The van der Waals surface area contributed by atoms with E-state index in [0.29, 0.717) is 17.9 Å². The van der Waals surface area contributed by atoms with Gasteiger partial charge in [-0.25, -0.2) is 0 Å². The van der Waals surface area contributed by atoms with Crippen LogP contribution in [0.1, 0.15) is 36.7 Å². The van der Waals surface area contributed by atoms with Gasteiger partial charge in [-0.2, -0.15) is 0 Å². The molecule has 0 saturated heterocycles. The molecule has 0 spiro atoms. The molecule has 1 aromatic heterocycles. The van der Waals surface area contributed by atoms with Crippen LogP contribution in [0.5, 0.6) is 0 Å². The standard InChI is InChI=1S/C15H19BrN2O2.ClH/c1-2-3-4-12(9-17)18-15(19)14-8-10-7-11(16)5-6-13(10)20-14;/h5-8,12H,2-4,9,17H2,1H3,(H,18,19);1H. The number of nitrogens with one attached hydrogen (secondary N) is 1. The molecule has 2 rings (SSSR count). The van der Waals surface area contributed by atoms with Gasteiger partial charge in [-0.1, -0.05) is 35.7 Å². The minimum absolute atomic E-state index is 0. The molecule has 0 bridgehead atoms. The van der Waals surface area contributed by atoms with Crippen molar-refractivity contribution < 1.29 is 9.21 Å². The van der Waals surface area contributed by atoms with Gasteiger partial charge in [-0.05, 0) is 30.7 Å². The quantitative estimate of drug-likeness (QED) is 0.805. The van der Waals surface area contributed by atoms with Gasteiger partial charge in [0.1, 0.15) is 5.58 Å². The summed E-state index contributed by atoms with van der Waals surface area (Å²) in [4.78, 5) is 12.2. The summed E-state index contributed by atoms with van der Waals surface area (Å²) >= 11 is 3.40. The molecule has 0 aliphatic heterocycles. The Kier molecular flexibility index (Phi) is 7.22. The molecule has 2 aromatic rings. The van der Waals surface area contributed by atoms with E-state index in [4.69, 9.17) is 10.2 Å². The highest BCUT2D eigenvalue weighted by Gasteiger charge is 2.16. The van der Waals surface area contributed by atoms with Crippen LogP contribution >= 0.6 is 28.3 Å². The predicted octanol–water partition coefficient (Wildman–Crippen LogP) is 3.86. The highest BCUT2D eigenvalue weighted by atomic mass is 79.9. The van der Waals surface area contributed by atoms with Gasteiger partial charge in [-0.15, -0.1) is 12.4 Å². The van der Waals surface area contributed by atoms with Crippen molar-refractivity contribution in [2.24, 2.45) is 5.73 Å². The van der Waals surface area contributed by atoms with Gasteiger partial charge < -0.3 is 15.5 Å². The Bertz CT molecular complexity index is 600. The minimum atomic E-state index is -0.205. The molecule has 0 radical (unpaired) electrons. The first kappa shape index (κ1) is 18.0. The van der Waals surface area contributed by atoms with Crippen LogP contribution in [0.15, 0.2) is 33.2 Å². The summed E-state index contributed by atoms with van der Waals surface area (Å²) in [6.07, 6.45) is 3.03. The third kappa shape index (κ3) is 4.73. The Balaban J connectivity index is 0.00000220. The Morgan fingerprint density at radius 3 is 2.86 bits per heavy atom. The molecule has 1 aromatic carbocycles. The number of halogens is 2. The molecule has 0 aliphatic carbocycles. The Hall–Kier alpha value is -1.04. The van der Waals surface area contributed by atoms with Crippen molar-refractivity contribution in [3.8, 4) is 0 Å². The molecule has 1 unspecified atom stereocenters. The highest BCUT2D eigenvalue weighted by molar-refractivity contribution is 9.10. The minimum Gasteiger partial charge on any atom is -0.451 e. The van der Waals surface area contributed by atoms with Crippen molar-refractivity contribution in [3.63, 3.8) is 0 Å². The van der Waals surface area contributed by atoms with Crippen molar-refractivity contribution in [1.82, 2.24) is 5.32 Å². The van der Waals surface area contributed by atoms with Gasteiger partial charge in [0.2, 0.25) is 0 Å². The summed E-state index contributed by atoms with van der Waals surface area (Å²) in [5.41, 5.74) is 6.39. The van der Waals surface area contributed by atoms with Gasteiger partial charge in [-0.3, -0.25) is 4.79 Å². The second-order valence-corrected chi connectivity index (χ2v) is 5.76. The summed E-state index contributed by atoms with van der Waals surface area (Å²) in [6, 6.07) is 7.41. The summed E-state index contributed by atoms with van der Waals surface area (Å²) in [5.74, 6) is 0.122. The molecule has 0 saturated carbocycles. The highest BCUT2D eigenvalue weighted by Crippen LogP contribution is 2.23. The summed E-state index contributed by atoms with van der Waals surface area (Å²) in [5, 5.41) is 3.83. The van der Waals surface area contributed by atoms with E-state index in [1.165, 1.54) is 0 Å². The number of unbranched alkanes of at least 4 members (excludes halogenated alkanes) is 1. The van der Waals surface area contributed by atoms with Crippen molar-refractivity contribution in [1.29, 1.82) is 0 Å². The number of rotatable bonds is 6. The molecule has 3 N–H and O–H groups in total. The number of hydrogen-bond donors (Lipinski definition) is 2. The molecular formula is C15H20BrClN2O2. The topological polar surface area (TPSA) is 68.3 Å². The molecule has 1 atom stereocenters. The Morgan fingerprint density at radius 1 is 1.43 bits per heavy atom. The van der Waals surface area contributed by atoms with Gasteiger partial charge in [0, 0.05) is 22.4 Å². The average molecular weight is 376 g/mol. The maximum atomic E-state index is 12.2. The molecule has 4 nitrogen and oxygen atoms in total. The fraction of sp³-hybridized carbons (Fsp3) is 0.400. The molecule has 0 aliphatic rings. The second kappa shape index (κ2) is 8.41. The van der Waals surface area contributed by atoms with E-state index in [1.807, 2.05) is 18.2 Å². The monoisotopic (exact) mass is 374 g/mol. The van der Waals surface area contributed by atoms with Crippen LogP contribution in [0, 0.1) is 0 Å². The number of fused-ring (bicyclic) bond motifs is 1. The molecule has 1 amide bonds. The van der Waals surface area contributed by atoms with Crippen LogP contribution < -0.4 is 11.1 Å². The molecule has 21 heavy (non-hydrogen) atoms. The maximum Gasteiger partial charge on any atom is 0.287 e. The lowest BCUT2D eigenvalue weighted by atomic mass is 10.1. The Labute approximate surface area is 139 Å². The Morgan fingerprint density at radius 2 is 2.19 bits per heavy atom. The number of carbonyl (C=O) groups is 1. The van der Waals surface area contributed by atoms with E-state index >= 15 is 0 Å². The van der Waals surface area contributed by atoms with Crippen LogP contribution in [0.3, 0.4) is 0 Å². The largest absolute Gasteiger partial charge is 0.451 e. The number of furan rings is 1. The first-order valence-electron chi connectivity index (χ1n) is 6.84. The number of benzene rings is 1. The number of hydrogen-bond acceptors (Lipinski definition) is 3. The maximum absolute atomic E-state index is 12.2. The van der Waals surface area contributed by atoms with Crippen LogP contribution in [0.25, 0.3) is 11.0 Å². The zero-order valence-corrected chi connectivity index (χ0v) is 14.3. The lowest BCUT2D eigenvalue weighted by Crippen LogP contribution is -2.40. The SMILES string of the molecule is CCCCC(CN)NC(=O)c1cc2cc(Br)ccc2o1.Cl. The van der Waals surface area contributed by atoms with Crippen molar-refractivity contribution in [2.75, 3.05) is 6.54 Å². The fourth-order valence-corrected chi connectivity index (χ4v) is 2.46. The second-order valence-electron chi connectivity index (χ2n) is 4.84. The van der Waals surface area contributed by atoms with Gasteiger partial charge in [0.25, 0.3) is 5.91 Å². The zero-order valence-electron chi connectivity index (χ0n) is 11.9. The molecule has 0 fully saturated rings. The first-order valence-corrected chi connectivity index (χ1v) is 7.63. The molecule has 1 heterocycles. The number of amides is 1. The third-order valence-corrected chi connectivity index (χ3v) is 3.72. The number of carbonyl (C=O) groups excluding carboxylic acids is 1. The van der Waals surface area contributed by atoms with Crippen LogP contribution in [0.4, 0.5) is 0 Å². The average Bonchev–Trinajstić information content (AvgIpc) is 2.86. The van der Waals surface area contributed by atoms with E-state index in [9.17, 15) is 4.79 Å². The third-order valence-electron chi connectivity index (χ3n) is 3.23. The summed E-state index contributed by atoms with van der Waals surface area (Å²) in [6.45, 7) is 2.56. The molecule has 6 heteroatoms. The molecule has 116 valence electrons. The summed E-state index contributed by atoms with van der Waals surface area (Å²) < 4.78 is 6.52. The van der Waals surface area contributed by atoms with Crippen molar-refractivity contribution in [2.45, 2.75) is 32.2 Å². The van der Waals surface area contributed by atoms with Gasteiger partial charge >= 0.3 is 0 Å². The van der Waals surface area contributed by atoms with Crippen LogP contribution in [-0.2, 0) is 0 Å². The fourth-order valence-electron chi connectivity index (χ4n) is 2.08. The predicted molar refractivity (Wildman–Crippen MR) is 91.0 cm³/mol. The van der Waals surface area contributed by atoms with Crippen molar-refractivity contribution >= 4 is 45.2 Å². The summed E-state index contributed by atoms with van der Waals surface area (Å²) in [7, 11) is 0. The van der Waals surface area contributed by atoms with E-state index in [2.05, 4.69) is 28.2 Å². The number of nitrogens with two attached hydrogens (primary N) is 1. The normalized spacial score (nSPS) is 12.0. The first-order chi connectivity index (χ1) is 9.63. The van der Waals surface area contributed by atoms with E-state index in [1.54, 1.807) is 6.07 Å².